The van der Waals surface area contributed by atoms with Crippen molar-refractivity contribution in [1.29, 1.82) is 0 Å². The maximum absolute atomic E-state index is 9.59. The molecular formula is C19H21N7O. The Morgan fingerprint density at radius 1 is 1.22 bits per heavy atom. The van der Waals surface area contributed by atoms with Gasteiger partial charge in [-0.3, -0.25) is 9.08 Å². The fourth-order valence-electron chi connectivity index (χ4n) is 3.07. The molecule has 0 spiro atoms. The average Bonchev–Trinajstić information content (AvgIpc) is 3.25. The first kappa shape index (κ1) is 17.0. The summed E-state index contributed by atoms with van der Waals surface area (Å²) in [6, 6.07) is 8.09. The smallest absolute Gasteiger partial charge is 0.180 e. The number of fused-ring (bicyclic) bond motifs is 1. The predicted molar refractivity (Wildman–Crippen MR) is 105 cm³/mol. The standard InChI is InChI=1S/C19H21N7O/c1-24(2)14-6-4-5-13(9-14)22-18-19-21-10-17(26(19)8-7-20-18)15-11-25(3)23-16(15)12-27/h4-11,27H,12H2,1-3H3,(H,20,22). The molecule has 138 valence electrons. The zero-order valence-corrected chi connectivity index (χ0v) is 15.5. The molecule has 0 saturated heterocycles. The third kappa shape index (κ3) is 3.11. The second-order valence-electron chi connectivity index (χ2n) is 6.50. The molecule has 8 heteroatoms. The molecule has 0 unspecified atom stereocenters. The molecule has 0 bridgehead atoms. The quantitative estimate of drug-likeness (QED) is 0.567. The second-order valence-corrected chi connectivity index (χ2v) is 6.50. The van der Waals surface area contributed by atoms with Crippen molar-refractivity contribution < 1.29 is 5.11 Å². The van der Waals surface area contributed by atoms with Gasteiger partial charge in [0.1, 0.15) is 0 Å². The van der Waals surface area contributed by atoms with Crippen molar-refractivity contribution in [1.82, 2.24) is 24.1 Å². The van der Waals surface area contributed by atoms with Gasteiger partial charge in [0.05, 0.1) is 24.2 Å². The van der Waals surface area contributed by atoms with E-state index in [2.05, 4.69) is 26.4 Å². The molecule has 0 saturated carbocycles. The van der Waals surface area contributed by atoms with Gasteiger partial charge in [-0.2, -0.15) is 5.10 Å². The normalized spacial score (nSPS) is 11.1. The highest BCUT2D eigenvalue weighted by molar-refractivity contribution is 5.75. The molecule has 8 nitrogen and oxygen atoms in total. The summed E-state index contributed by atoms with van der Waals surface area (Å²) in [5.74, 6) is 0.661. The lowest BCUT2D eigenvalue weighted by atomic mass is 10.2. The fourth-order valence-corrected chi connectivity index (χ4v) is 3.07. The summed E-state index contributed by atoms with van der Waals surface area (Å²) in [7, 11) is 5.84. The summed E-state index contributed by atoms with van der Waals surface area (Å²) in [5.41, 5.74) is 5.05. The van der Waals surface area contributed by atoms with Crippen molar-refractivity contribution >= 4 is 22.8 Å². The molecule has 0 fully saturated rings. The minimum Gasteiger partial charge on any atom is -0.390 e. The molecule has 4 rings (SSSR count). The van der Waals surface area contributed by atoms with E-state index < -0.39 is 0 Å². The predicted octanol–water partition coefficient (Wildman–Crippen LogP) is 2.43. The molecule has 3 heterocycles. The van der Waals surface area contributed by atoms with Crippen LogP contribution in [-0.2, 0) is 13.7 Å². The summed E-state index contributed by atoms with van der Waals surface area (Å²) >= 11 is 0. The summed E-state index contributed by atoms with van der Waals surface area (Å²) in [6.45, 7) is -0.128. The van der Waals surface area contributed by atoms with E-state index in [1.807, 2.05) is 61.0 Å². The molecule has 0 radical (unpaired) electrons. The highest BCUT2D eigenvalue weighted by Gasteiger charge is 2.15. The van der Waals surface area contributed by atoms with Crippen molar-refractivity contribution in [3.05, 3.63) is 54.7 Å². The Morgan fingerprint density at radius 3 is 2.85 bits per heavy atom. The van der Waals surface area contributed by atoms with Crippen molar-refractivity contribution in [3.63, 3.8) is 0 Å². The van der Waals surface area contributed by atoms with Crippen molar-refractivity contribution in [2.24, 2.45) is 7.05 Å². The molecule has 2 N–H and O–H groups in total. The summed E-state index contributed by atoms with van der Waals surface area (Å²) < 4.78 is 3.63. The number of aryl methyl sites for hydroxylation is 1. The number of rotatable bonds is 5. The van der Waals surface area contributed by atoms with Gasteiger partial charge in [-0.25, -0.2) is 9.97 Å². The number of anilines is 3. The number of nitrogens with zero attached hydrogens (tertiary/aromatic N) is 6. The van der Waals surface area contributed by atoms with Crippen LogP contribution in [0.4, 0.5) is 17.2 Å². The molecule has 3 aromatic heterocycles. The number of hydrogen-bond donors (Lipinski definition) is 2. The first-order valence-electron chi connectivity index (χ1n) is 8.57. The summed E-state index contributed by atoms with van der Waals surface area (Å²) in [5, 5.41) is 17.2. The Labute approximate surface area is 156 Å². The average molecular weight is 363 g/mol. The highest BCUT2D eigenvalue weighted by Crippen LogP contribution is 2.28. The number of hydrogen-bond acceptors (Lipinski definition) is 6. The van der Waals surface area contributed by atoms with Crippen LogP contribution in [0, 0.1) is 0 Å². The van der Waals surface area contributed by atoms with Gasteiger partial charge in [0.2, 0.25) is 0 Å². The zero-order chi connectivity index (χ0) is 19.0. The Kier molecular flexibility index (Phi) is 4.25. The first-order valence-corrected chi connectivity index (χ1v) is 8.57. The minimum atomic E-state index is -0.128. The van der Waals surface area contributed by atoms with Crippen LogP contribution in [0.2, 0.25) is 0 Å². The van der Waals surface area contributed by atoms with Gasteiger partial charge in [-0.1, -0.05) is 6.07 Å². The van der Waals surface area contributed by atoms with E-state index in [0.717, 1.165) is 22.6 Å². The minimum absolute atomic E-state index is 0.128. The first-order chi connectivity index (χ1) is 13.1. The van der Waals surface area contributed by atoms with Crippen LogP contribution < -0.4 is 10.2 Å². The van der Waals surface area contributed by atoms with Crippen LogP contribution in [0.25, 0.3) is 16.9 Å². The SMILES string of the molecule is CN(C)c1cccc(Nc2nccn3c(-c4cn(C)nc4CO)cnc23)c1. The van der Waals surface area contributed by atoms with Gasteiger partial charge in [0.25, 0.3) is 0 Å². The van der Waals surface area contributed by atoms with Crippen molar-refractivity contribution in [2.75, 3.05) is 24.3 Å². The van der Waals surface area contributed by atoms with E-state index in [9.17, 15) is 5.11 Å². The molecule has 27 heavy (non-hydrogen) atoms. The number of aromatic nitrogens is 5. The Morgan fingerprint density at radius 2 is 2.07 bits per heavy atom. The zero-order valence-electron chi connectivity index (χ0n) is 15.5. The van der Waals surface area contributed by atoms with Gasteiger partial charge >= 0.3 is 0 Å². The van der Waals surface area contributed by atoms with Crippen LogP contribution >= 0.6 is 0 Å². The van der Waals surface area contributed by atoms with Crippen molar-refractivity contribution in [2.45, 2.75) is 6.61 Å². The van der Waals surface area contributed by atoms with Crippen LogP contribution in [0.15, 0.2) is 49.1 Å². The van der Waals surface area contributed by atoms with E-state index in [0.29, 0.717) is 17.2 Å². The van der Waals surface area contributed by atoms with E-state index in [1.165, 1.54) is 0 Å². The molecular weight excluding hydrogens is 342 g/mol. The van der Waals surface area contributed by atoms with Crippen LogP contribution in [0.5, 0.6) is 0 Å². The van der Waals surface area contributed by atoms with E-state index in [4.69, 9.17) is 0 Å². The lowest BCUT2D eigenvalue weighted by molar-refractivity contribution is 0.276. The van der Waals surface area contributed by atoms with Crippen LogP contribution in [0.3, 0.4) is 0 Å². The summed E-state index contributed by atoms with van der Waals surface area (Å²) in [6.07, 6.45) is 7.23. The molecule has 0 amide bonds. The maximum atomic E-state index is 9.59. The monoisotopic (exact) mass is 363 g/mol. The molecule has 4 aromatic rings. The number of imidazole rings is 1. The number of aliphatic hydroxyl groups excluding tert-OH is 1. The lowest BCUT2D eigenvalue weighted by Gasteiger charge is -2.14. The number of aliphatic hydroxyl groups is 1. The van der Waals surface area contributed by atoms with Crippen LogP contribution in [0.1, 0.15) is 5.69 Å². The number of nitrogens with one attached hydrogen (secondary N) is 1. The molecule has 0 aliphatic carbocycles. The Hall–Kier alpha value is -3.39. The maximum Gasteiger partial charge on any atom is 0.180 e. The van der Waals surface area contributed by atoms with Crippen molar-refractivity contribution in [3.8, 4) is 11.3 Å². The Bertz CT molecular complexity index is 1100. The van der Waals surface area contributed by atoms with Gasteiger partial charge in [0.15, 0.2) is 11.5 Å². The lowest BCUT2D eigenvalue weighted by Crippen LogP contribution is -2.08. The van der Waals surface area contributed by atoms with E-state index >= 15 is 0 Å². The van der Waals surface area contributed by atoms with E-state index in [1.54, 1.807) is 17.1 Å². The van der Waals surface area contributed by atoms with Gasteiger partial charge < -0.3 is 15.3 Å². The van der Waals surface area contributed by atoms with Gasteiger partial charge in [-0.15, -0.1) is 0 Å². The van der Waals surface area contributed by atoms with E-state index in [-0.39, 0.29) is 6.61 Å². The summed E-state index contributed by atoms with van der Waals surface area (Å²) in [4.78, 5) is 11.0. The molecule has 0 aliphatic heterocycles. The molecule has 0 atom stereocenters. The topological polar surface area (TPSA) is 83.5 Å². The third-order valence-corrected chi connectivity index (χ3v) is 4.38. The largest absolute Gasteiger partial charge is 0.390 e. The highest BCUT2D eigenvalue weighted by atomic mass is 16.3. The van der Waals surface area contributed by atoms with Gasteiger partial charge in [0, 0.05) is 56.7 Å². The van der Waals surface area contributed by atoms with Crippen LogP contribution in [-0.4, -0.2) is 43.4 Å². The Balaban J connectivity index is 1.76. The number of benzene rings is 1. The fraction of sp³-hybridized carbons (Fsp3) is 0.211. The third-order valence-electron chi connectivity index (χ3n) is 4.38. The molecule has 1 aromatic carbocycles. The second kappa shape index (κ2) is 6.73. The molecule has 0 aliphatic rings. The van der Waals surface area contributed by atoms with Gasteiger partial charge in [-0.05, 0) is 18.2 Å².